The van der Waals surface area contributed by atoms with Crippen LogP contribution in [-0.2, 0) is 27.2 Å². The van der Waals surface area contributed by atoms with E-state index >= 15 is 0 Å². The lowest BCUT2D eigenvalue weighted by Gasteiger charge is -2.21. The first kappa shape index (κ1) is 36.2. The lowest BCUT2D eigenvalue weighted by molar-refractivity contribution is -0.141. The number of unbranched alkanes of at least 4 members (excludes halogenated alkanes) is 1. The van der Waals surface area contributed by atoms with Gasteiger partial charge in [0, 0.05) is 50.3 Å². The number of amides is 1. The highest BCUT2D eigenvalue weighted by molar-refractivity contribution is 6.18. The van der Waals surface area contributed by atoms with E-state index < -0.39 is 12.0 Å². The summed E-state index contributed by atoms with van der Waals surface area (Å²) in [6.45, 7) is 8.41. The van der Waals surface area contributed by atoms with Gasteiger partial charge in [0.2, 0.25) is 6.41 Å². The normalized spacial score (nSPS) is 14.8. The predicted octanol–water partition coefficient (Wildman–Crippen LogP) is 5.26. The Hall–Kier alpha value is -2.76. The van der Waals surface area contributed by atoms with E-state index in [-0.39, 0.29) is 6.42 Å². The minimum absolute atomic E-state index is 0.270. The van der Waals surface area contributed by atoms with E-state index in [9.17, 15) is 9.59 Å². The molecule has 3 rings (SSSR count). The number of anilines is 1. The van der Waals surface area contributed by atoms with Crippen molar-refractivity contribution in [3.63, 3.8) is 0 Å². The van der Waals surface area contributed by atoms with Gasteiger partial charge in [-0.2, -0.15) is 0 Å². The maximum absolute atomic E-state index is 10.8. The number of nitrogens with one attached hydrogen (secondary N) is 2. The molecule has 1 aromatic rings. The highest BCUT2D eigenvalue weighted by Crippen LogP contribution is 2.40. The van der Waals surface area contributed by atoms with Crippen molar-refractivity contribution in [3.8, 4) is 12.8 Å². The Morgan fingerprint density at radius 3 is 2.59 bits per heavy atom. The second-order valence-electron chi connectivity index (χ2n) is 9.73. The molecule has 8 nitrogen and oxygen atoms in total. The molecule has 1 aromatic heterocycles. The van der Waals surface area contributed by atoms with Crippen LogP contribution in [0.15, 0.2) is 24.4 Å². The highest BCUT2D eigenvalue weighted by Gasteiger charge is 2.39. The number of carboxylic acids is 1. The summed E-state index contributed by atoms with van der Waals surface area (Å²) < 4.78 is 5.44. The average molecular weight is 565 g/mol. The summed E-state index contributed by atoms with van der Waals surface area (Å²) in [4.78, 5) is 28.0. The van der Waals surface area contributed by atoms with E-state index in [1.54, 1.807) is 0 Å². The molecule has 1 aliphatic carbocycles. The first-order valence-corrected chi connectivity index (χ1v) is 14.4. The van der Waals surface area contributed by atoms with Gasteiger partial charge >= 0.3 is 5.97 Å². The fraction of sp³-hybridized carbons (Fsp3) is 0.633. The number of aryl methyl sites for hydroxylation is 2. The number of terminal acetylenes is 1. The fourth-order valence-corrected chi connectivity index (χ4v) is 3.67. The van der Waals surface area contributed by atoms with Crippen molar-refractivity contribution >= 4 is 29.8 Å². The number of allylic oxidation sites excluding steroid dienone is 1. The van der Waals surface area contributed by atoms with Crippen molar-refractivity contribution in [3.05, 3.63) is 35.7 Å². The number of carbonyl (C=O) groups is 2. The quantitative estimate of drug-likeness (QED) is 0.123. The summed E-state index contributed by atoms with van der Waals surface area (Å²) in [5.74, 6) is 0.593. The third-order valence-corrected chi connectivity index (χ3v) is 6.46. The van der Waals surface area contributed by atoms with Crippen molar-refractivity contribution in [1.29, 1.82) is 0 Å². The molecule has 1 unspecified atom stereocenters. The minimum Gasteiger partial charge on any atom is -0.480 e. The summed E-state index contributed by atoms with van der Waals surface area (Å²) in [7, 11) is 2.11. The number of pyridine rings is 1. The zero-order valence-corrected chi connectivity index (χ0v) is 25.0. The molecule has 1 amide bonds. The minimum atomic E-state index is -1.04. The molecule has 39 heavy (non-hydrogen) atoms. The van der Waals surface area contributed by atoms with Crippen molar-refractivity contribution in [1.82, 2.24) is 15.2 Å². The number of carbonyl (C=O) groups excluding carboxylic acids is 1. The second-order valence-corrected chi connectivity index (χ2v) is 10.0. The van der Waals surface area contributed by atoms with Crippen LogP contribution in [0.3, 0.4) is 0 Å². The van der Waals surface area contributed by atoms with Crippen LogP contribution in [0.5, 0.6) is 0 Å². The van der Waals surface area contributed by atoms with E-state index in [0.717, 1.165) is 50.2 Å². The summed E-state index contributed by atoms with van der Waals surface area (Å²) >= 11 is 5.50. The van der Waals surface area contributed by atoms with Crippen LogP contribution in [-0.4, -0.2) is 71.6 Å². The van der Waals surface area contributed by atoms with Crippen LogP contribution in [0.2, 0.25) is 0 Å². The molecule has 9 heteroatoms. The summed E-state index contributed by atoms with van der Waals surface area (Å²) in [6, 6.07) is 3.37. The van der Waals surface area contributed by atoms with Gasteiger partial charge in [0.1, 0.15) is 11.9 Å². The first-order valence-electron chi connectivity index (χ1n) is 13.8. The average Bonchev–Trinajstić information content (AvgIpc) is 3.70. The molecule has 0 bridgehead atoms. The molecule has 1 atom stereocenters. The van der Waals surface area contributed by atoms with Crippen molar-refractivity contribution in [2.75, 3.05) is 38.0 Å². The Kier molecular flexibility index (Phi) is 20.5. The Labute approximate surface area is 240 Å². The van der Waals surface area contributed by atoms with Crippen LogP contribution < -0.4 is 10.6 Å². The molecular formula is C30H49ClN4O4. The number of nitrogens with zero attached hydrogens (tertiary/aromatic N) is 2. The maximum Gasteiger partial charge on any atom is 0.326 e. The number of fused-ring (bicyclic) bond motifs is 1. The third-order valence-electron chi connectivity index (χ3n) is 6.28. The van der Waals surface area contributed by atoms with Gasteiger partial charge in [-0.15, -0.1) is 24.4 Å². The predicted molar refractivity (Wildman–Crippen MR) is 161 cm³/mol. The molecule has 220 valence electrons. The molecule has 0 radical (unpaired) electrons. The van der Waals surface area contributed by atoms with Crippen molar-refractivity contribution in [2.45, 2.75) is 90.1 Å². The van der Waals surface area contributed by atoms with Gasteiger partial charge in [0.05, 0.1) is 0 Å². The Balaban J connectivity index is 0.000000796. The van der Waals surface area contributed by atoms with Gasteiger partial charge < -0.3 is 25.4 Å². The number of alkyl halides is 1. The molecule has 1 fully saturated rings. The van der Waals surface area contributed by atoms with Crippen LogP contribution >= 0.6 is 11.6 Å². The number of aliphatic carboxylic acids is 1. The summed E-state index contributed by atoms with van der Waals surface area (Å²) in [5, 5.41) is 14.5. The molecule has 2 aliphatic rings. The van der Waals surface area contributed by atoms with Crippen molar-refractivity contribution < 1.29 is 19.4 Å². The van der Waals surface area contributed by atoms with Gasteiger partial charge in [-0.25, -0.2) is 9.78 Å². The SMILES string of the molecule is C#C.CCC.CN(/C=C\CCl)C1(C)CC1.O=CNC(CCOCCCCc1ccc2c(n1)NCCC2)C(=O)O. The number of ether oxygens (including phenoxy) is 1. The number of carboxylic acid groups (broad SMARTS) is 1. The summed E-state index contributed by atoms with van der Waals surface area (Å²) in [6.07, 6.45) is 21.6. The van der Waals surface area contributed by atoms with Gasteiger partial charge in [0.25, 0.3) is 0 Å². The Bertz CT molecular complexity index is 859. The monoisotopic (exact) mass is 564 g/mol. The van der Waals surface area contributed by atoms with E-state index in [2.05, 4.69) is 79.5 Å². The fourth-order valence-electron chi connectivity index (χ4n) is 3.59. The van der Waals surface area contributed by atoms with E-state index in [0.29, 0.717) is 31.0 Å². The van der Waals surface area contributed by atoms with E-state index in [1.165, 1.54) is 24.8 Å². The number of hydrogen-bond acceptors (Lipinski definition) is 6. The maximum atomic E-state index is 10.8. The topological polar surface area (TPSA) is 104 Å². The molecule has 2 heterocycles. The lowest BCUT2D eigenvalue weighted by atomic mass is 10.1. The van der Waals surface area contributed by atoms with Crippen LogP contribution in [0, 0.1) is 12.8 Å². The first-order chi connectivity index (χ1) is 18.8. The molecular weight excluding hydrogens is 516 g/mol. The zero-order chi connectivity index (χ0) is 29.5. The molecule has 0 aromatic carbocycles. The smallest absolute Gasteiger partial charge is 0.326 e. The van der Waals surface area contributed by atoms with Crippen molar-refractivity contribution in [2.24, 2.45) is 0 Å². The van der Waals surface area contributed by atoms with Gasteiger partial charge in [-0.05, 0) is 69.7 Å². The number of aromatic nitrogens is 1. The largest absolute Gasteiger partial charge is 0.480 e. The molecule has 1 saturated carbocycles. The second kappa shape index (κ2) is 22.1. The molecule has 3 N–H and O–H groups in total. The van der Waals surface area contributed by atoms with Gasteiger partial charge in [-0.1, -0.05) is 32.4 Å². The number of hydrogen-bond donors (Lipinski definition) is 3. The van der Waals surface area contributed by atoms with Gasteiger partial charge in [0.15, 0.2) is 0 Å². The Morgan fingerprint density at radius 2 is 2.00 bits per heavy atom. The van der Waals surface area contributed by atoms with Gasteiger partial charge in [-0.3, -0.25) is 4.79 Å². The van der Waals surface area contributed by atoms with E-state index in [1.807, 2.05) is 6.08 Å². The highest BCUT2D eigenvalue weighted by atomic mass is 35.5. The number of halogens is 1. The molecule has 0 spiro atoms. The number of rotatable bonds is 14. The summed E-state index contributed by atoms with van der Waals surface area (Å²) in [5.41, 5.74) is 2.83. The molecule has 0 saturated heterocycles. The Morgan fingerprint density at radius 1 is 1.31 bits per heavy atom. The van der Waals surface area contributed by atoms with Crippen LogP contribution in [0.25, 0.3) is 0 Å². The third kappa shape index (κ3) is 16.1. The lowest BCUT2D eigenvalue weighted by Crippen LogP contribution is -2.36. The van der Waals surface area contributed by atoms with E-state index in [4.69, 9.17) is 21.4 Å². The van der Waals surface area contributed by atoms with Crippen LogP contribution in [0.4, 0.5) is 5.82 Å². The standard InChI is InChI=1S/C17H25N3O4.C8H14ClN.C3H8.C2H2/c21-12-19-15(17(22)23)8-11-24-10-2-1-5-14-7-6-13-4-3-9-18-16(13)20-14;1-8(4-5-8)10(2)7-3-6-9;1-3-2;1-2/h6-7,12,15H,1-5,8-11H2,(H,18,20)(H,19,21)(H,22,23);3,7H,4-6H2,1-2H3;3H2,1-2H3;1-2H/b;7-3-;;. The zero-order valence-electron chi connectivity index (χ0n) is 24.3. The van der Waals surface area contributed by atoms with Crippen LogP contribution in [0.1, 0.15) is 77.0 Å². The molecule has 1 aliphatic heterocycles.